The van der Waals surface area contributed by atoms with E-state index in [1.54, 1.807) is 30.3 Å². The molecule has 2 aliphatic rings. The van der Waals surface area contributed by atoms with Crippen molar-refractivity contribution in [1.82, 2.24) is 10.2 Å². The number of thiophene rings is 1. The molecular formula is C29H31FN4O3S. The van der Waals surface area contributed by atoms with E-state index in [0.717, 1.165) is 36.9 Å². The summed E-state index contributed by atoms with van der Waals surface area (Å²) in [6.07, 6.45) is 4.22. The maximum atomic E-state index is 13.4. The van der Waals surface area contributed by atoms with Crippen LogP contribution in [0.4, 0.5) is 15.8 Å². The number of anilines is 2. The third-order valence-electron chi connectivity index (χ3n) is 7.25. The number of hydrogen-bond acceptors (Lipinski definition) is 5. The summed E-state index contributed by atoms with van der Waals surface area (Å²) in [4.78, 5) is 43.5. The van der Waals surface area contributed by atoms with Crippen molar-refractivity contribution in [2.75, 3.05) is 36.4 Å². The second-order valence-corrected chi connectivity index (χ2v) is 10.7. The molecule has 1 aromatic heterocycles. The number of halogens is 1. The molecule has 1 saturated heterocycles. The molecule has 2 N–H and O–H groups in total. The van der Waals surface area contributed by atoms with Gasteiger partial charge in [0.05, 0.1) is 10.4 Å². The van der Waals surface area contributed by atoms with E-state index in [0.29, 0.717) is 42.3 Å². The minimum absolute atomic E-state index is 0.153. The van der Waals surface area contributed by atoms with Gasteiger partial charge in [0.15, 0.2) is 0 Å². The third-order valence-corrected chi connectivity index (χ3v) is 8.12. The Balaban J connectivity index is 1.32. The number of benzene rings is 2. The Kier molecular flexibility index (Phi) is 8.03. The Morgan fingerprint density at radius 1 is 0.921 bits per heavy atom. The smallest absolute Gasteiger partial charge is 0.265 e. The summed E-state index contributed by atoms with van der Waals surface area (Å²) in [5, 5.41) is 7.64. The molecule has 2 fully saturated rings. The van der Waals surface area contributed by atoms with Gasteiger partial charge >= 0.3 is 0 Å². The largest absolute Gasteiger partial charge is 0.367 e. The van der Waals surface area contributed by atoms with Crippen LogP contribution in [0.1, 0.15) is 51.3 Å². The zero-order valence-corrected chi connectivity index (χ0v) is 21.9. The fraction of sp³-hybridized carbons (Fsp3) is 0.345. The van der Waals surface area contributed by atoms with Gasteiger partial charge in [-0.1, -0.05) is 31.0 Å². The summed E-state index contributed by atoms with van der Waals surface area (Å²) < 4.78 is 13.3. The maximum Gasteiger partial charge on any atom is 0.265 e. The molecule has 1 aliphatic carbocycles. The first-order chi connectivity index (χ1) is 18.5. The zero-order chi connectivity index (χ0) is 26.5. The number of nitrogens with zero attached hydrogens (tertiary/aromatic N) is 2. The normalized spacial score (nSPS) is 15.9. The Morgan fingerprint density at radius 2 is 1.66 bits per heavy atom. The summed E-state index contributed by atoms with van der Waals surface area (Å²) in [7, 11) is 0. The highest BCUT2D eigenvalue weighted by molar-refractivity contribution is 7.12. The fourth-order valence-electron chi connectivity index (χ4n) is 5.15. The first kappa shape index (κ1) is 25.9. The van der Waals surface area contributed by atoms with E-state index in [1.807, 2.05) is 22.4 Å². The summed E-state index contributed by atoms with van der Waals surface area (Å²) in [6, 6.07) is 14.9. The molecule has 1 saturated carbocycles. The first-order valence-corrected chi connectivity index (χ1v) is 13.9. The standard InChI is InChI=1S/C29H31FN4O3S/c30-22-9-7-20(8-10-22)19-31-27(35)24-18-23(32-28(36)26-6-3-17-38-26)11-12-25(24)33-13-15-34(16-14-33)29(37)21-4-1-2-5-21/h3,6-12,17-18,21H,1-2,4-5,13-16,19H2,(H,31,35)(H,32,36). The van der Waals surface area contributed by atoms with Crippen LogP contribution < -0.4 is 15.5 Å². The van der Waals surface area contributed by atoms with Crippen LogP contribution >= 0.6 is 11.3 Å². The quantitative estimate of drug-likeness (QED) is 0.452. The highest BCUT2D eigenvalue weighted by Gasteiger charge is 2.30. The van der Waals surface area contributed by atoms with Gasteiger partial charge in [0, 0.05) is 50.0 Å². The summed E-state index contributed by atoms with van der Waals surface area (Å²) in [5.74, 6) is -0.445. The lowest BCUT2D eigenvalue weighted by Crippen LogP contribution is -2.50. The van der Waals surface area contributed by atoms with Gasteiger partial charge in [-0.15, -0.1) is 11.3 Å². The first-order valence-electron chi connectivity index (χ1n) is 13.0. The van der Waals surface area contributed by atoms with Crippen LogP contribution in [-0.2, 0) is 11.3 Å². The minimum atomic E-state index is -0.331. The SMILES string of the molecule is O=C(Nc1ccc(N2CCN(C(=O)C3CCCC3)CC2)c(C(=O)NCc2ccc(F)cc2)c1)c1cccs1. The second kappa shape index (κ2) is 11.8. The molecule has 9 heteroatoms. The van der Waals surface area contributed by atoms with Crippen molar-refractivity contribution >= 4 is 40.4 Å². The summed E-state index contributed by atoms with van der Waals surface area (Å²) >= 11 is 1.35. The zero-order valence-electron chi connectivity index (χ0n) is 21.1. The lowest BCUT2D eigenvalue weighted by atomic mass is 10.1. The van der Waals surface area contributed by atoms with E-state index in [1.165, 1.54) is 23.5 Å². The molecule has 198 valence electrons. The Labute approximate surface area is 225 Å². The van der Waals surface area contributed by atoms with Gasteiger partial charge in [-0.2, -0.15) is 0 Å². The average molecular weight is 535 g/mol. The maximum absolute atomic E-state index is 13.4. The van der Waals surface area contributed by atoms with Gasteiger partial charge in [-0.25, -0.2) is 4.39 Å². The van der Waals surface area contributed by atoms with E-state index < -0.39 is 0 Å². The topological polar surface area (TPSA) is 81.8 Å². The highest BCUT2D eigenvalue weighted by Crippen LogP contribution is 2.29. The number of amides is 3. The number of hydrogen-bond donors (Lipinski definition) is 2. The number of piperazine rings is 1. The molecule has 2 aromatic carbocycles. The second-order valence-electron chi connectivity index (χ2n) is 9.77. The van der Waals surface area contributed by atoms with Crippen LogP contribution in [0.3, 0.4) is 0 Å². The van der Waals surface area contributed by atoms with E-state index in [-0.39, 0.29) is 36.0 Å². The number of carbonyl (C=O) groups excluding carboxylic acids is 3. The molecule has 2 heterocycles. The number of carbonyl (C=O) groups is 3. The van der Waals surface area contributed by atoms with Gasteiger partial charge in [-0.05, 0) is 60.2 Å². The molecule has 1 aliphatic heterocycles. The van der Waals surface area contributed by atoms with Crippen molar-refractivity contribution in [1.29, 1.82) is 0 Å². The van der Waals surface area contributed by atoms with E-state index in [9.17, 15) is 18.8 Å². The molecule has 0 radical (unpaired) electrons. The number of nitrogens with one attached hydrogen (secondary N) is 2. The molecule has 38 heavy (non-hydrogen) atoms. The minimum Gasteiger partial charge on any atom is -0.367 e. The van der Waals surface area contributed by atoms with Crippen LogP contribution in [0, 0.1) is 11.7 Å². The molecule has 5 rings (SSSR count). The van der Waals surface area contributed by atoms with Crippen molar-refractivity contribution in [3.63, 3.8) is 0 Å². The lowest BCUT2D eigenvalue weighted by Gasteiger charge is -2.38. The van der Waals surface area contributed by atoms with Crippen molar-refractivity contribution < 1.29 is 18.8 Å². The fourth-order valence-corrected chi connectivity index (χ4v) is 5.77. The Bertz CT molecular complexity index is 1280. The van der Waals surface area contributed by atoms with Crippen molar-refractivity contribution in [3.05, 3.63) is 81.8 Å². The van der Waals surface area contributed by atoms with Crippen LogP contribution in [0.5, 0.6) is 0 Å². The molecule has 0 bridgehead atoms. The number of rotatable bonds is 7. The van der Waals surface area contributed by atoms with Crippen molar-refractivity contribution in [2.24, 2.45) is 5.92 Å². The molecule has 3 aromatic rings. The molecule has 0 spiro atoms. The van der Waals surface area contributed by atoms with Crippen LogP contribution in [0.2, 0.25) is 0 Å². The Morgan fingerprint density at radius 3 is 2.34 bits per heavy atom. The molecule has 7 nitrogen and oxygen atoms in total. The van der Waals surface area contributed by atoms with Crippen LogP contribution in [0.25, 0.3) is 0 Å². The molecule has 3 amide bonds. The summed E-state index contributed by atoms with van der Waals surface area (Å²) in [6.45, 7) is 2.72. The highest BCUT2D eigenvalue weighted by atomic mass is 32.1. The third kappa shape index (κ3) is 6.05. The van der Waals surface area contributed by atoms with E-state index in [4.69, 9.17) is 0 Å². The molecule has 0 unspecified atom stereocenters. The van der Waals surface area contributed by atoms with Gasteiger partial charge in [0.1, 0.15) is 5.82 Å². The molecule has 0 atom stereocenters. The Hall–Kier alpha value is -3.72. The molecular weight excluding hydrogens is 503 g/mol. The van der Waals surface area contributed by atoms with E-state index in [2.05, 4.69) is 15.5 Å². The van der Waals surface area contributed by atoms with Gasteiger partial charge in [0.25, 0.3) is 11.8 Å². The monoisotopic (exact) mass is 534 g/mol. The predicted molar refractivity (Wildman–Crippen MR) is 147 cm³/mol. The van der Waals surface area contributed by atoms with Crippen LogP contribution in [-0.4, -0.2) is 48.8 Å². The van der Waals surface area contributed by atoms with Crippen molar-refractivity contribution in [3.8, 4) is 0 Å². The van der Waals surface area contributed by atoms with E-state index >= 15 is 0 Å². The average Bonchev–Trinajstić information content (AvgIpc) is 3.68. The lowest BCUT2D eigenvalue weighted by molar-refractivity contribution is -0.135. The van der Waals surface area contributed by atoms with Crippen molar-refractivity contribution in [2.45, 2.75) is 32.2 Å². The van der Waals surface area contributed by atoms with Crippen LogP contribution in [0.15, 0.2) is 60.0 Å². The summed E-state index contributed by atoms with van der Waals surface area (Å²) in [5.41, 5.74) is 2.49. The predicted octanol–water partition coefficient (Wildman–Crippen LogP) is 4.91. The van der Waals surface area contributed by atoms with Gasteiger partial charge in [-0.3, -0.25) is 14.4 Å². The van der Waals surface area contributed by atoms with Gasteiger partial charge < -0.3 is 20.4 Å². The van der Waals surface area contributed by atoms with Gasteiger partial charge in [0.2, 0.25) is 5.91 Å².